The first-order valence-corrected chi connectivity index (χ1v) is 10.1. The van der Waals surface area contributed by atoms with Crippen LogP contribution in [0.15, 0.2) is 62.9 Å². The highest BCUT2D eigenvalue weighted by Gasteiger charge is 2.29. The fourth-order valence-electron chi connectivity index (χ4n) is 2.95. The minimum atomic E-state index is -1.18. The predicted molar refractivity (Wildman–Crippen MR) is 113 cm³/mol. The second-order valence-electron chi connectivity index (χ2n) is 6.92. The number of allylic oxidation sites excluding steroid dienone is 1. The molecule has 1 aliphatic rings. The molecule has 0 aliphatic heterocycles. The summed E-state index contributed by atoms with van der Waals surface area (Å²) < 4.78 is 20.1. The molecule has 0 saturated heterocycles. The lowest BCUT2D eigenvalue weighted by Gasteiger charge is -2.11. The number of methoxy groups -OCH3 is 1. The molecule has 2 aromatic rings. The number of halogens is 2. The number of ketones is 1. The minimum absolute atomic E-state index is 0.0308. The van der Waals surface area contributed by atoms with Gasteiger partial charge in [0.15, 0.2) is 23.1 Å². The number of benzene rings is 2. The van der Waals surface area contributed by atoms with E-state index in [0.29, 0.717) is 17.4 Å². The number of aldehydes is 1. The van der Waals surface area contributed by atoms with Crippen molar-refractivity contribution in [3.63, 3.8) is 0 Å². The normalized spacial score (nSPS) is 15.7. The molecule has 6 nitrogen and oxygen atoms in total. The molecule has 1 N–H and O–H groups in total. The van der Waals surface area contributed by atoms with E-state index < -0.39 is 29.0 Å². The number of Topliss-reactive ketones (excluding diaryl/α,β-unsaturated/α-hetero) is 1. The van der Waals surface area contributed by atoms with Gasteiger partial charge in [0.05, 0.1) is 6.61 Å². The second-order valence-corrected chi connectivity index (χ2v) is 7.83. The minimum Gasteiger partial charge on any atom is -0.505 e. The zero-order valence-electron chi connectivity index (χ0n) is 16.2. The number of hydrogen-bond donors (Lipinski definition) is 1. The van der Waals surface area contributed by atoms with E-state index in [9.17, 15) is 19.1 Å². The van der Waals surface area contributed by atoms with E-state index in [0.717, 1.165) is 17.3 Å². The van der Waals surface area contributed by atoms with E-state index in [1.54, 1.807) is 36.4 Å². The van der Waals surface area contributed by atoms with Crippen molar-refractivity contribution in [2.75, 3.05) is 13.7 Å². The molecule has 1 fully saturated rings. The molecule has 1 saturated carbocycles. The van der Waals surface area contributed by atoms with Crippen LogP contribution in [0.5, 0.6) is 0 Å². The van der Waals surface area contributed by atoms with Gasteiger partial charge in [-0.15, -0.1) is 10.2 Å². The number of carbonyl (C=O) groups is 2. The van der Waals surface area contributed by atoms with E-state index in [1.165, 1.54) is 13.2 Å². The molecule has 1 aliphatic carbocycles. The lowest BCUT2D eigenvalue weighted by Crippen LogP contribution is -2.23. The van der Waals surface area contributed by atoms with E-state index in [4.69, 9.17) is 4.74 Å². The highest BCUT2D eigenvalue weighted by atomic mass is 79.9. The maximum Gasteiger partial charge on any atom is 0.199 e. The highest BCUT2D eigenvalue weighted by Crippen LogP contribution is 2.45. The topological polar surface area (TPSA) is 88.3 Å². The lowest BCUT2D eigenvalue weighted by atomic mass is 10.0. The number of aliphatic hydroxyl groups excluding tert-OH is 1. The Labute approximate surface area is 181 Å². The number of nitrogens with zero attached hydrogens (tertiary/aromatic N) is 2. The fourth-order valence-corrected chi connectivity index (χ4v) is 3.22. The molecule has 0 spiro atoms. The Morgan fingerprint density at radius 3 is 2.60 bits per heavy atom. The summed E-state index contributed by atoms with van der Waals surface area (Å²) in [6.45, 7) is -0.179. The van der Waals surface area contributed by atoms with Crippen LogP contribution in [0.3, 0.4) is 0 Å². The van der Waals surface area contributed by atoms with Crippen molar-refractivity contribution in [1.82, 2.24) is 0 Å². The van der Waals surface area contributed by atoms with Crippen molar-refractivity contribution in [2.45, 2.75) is 18.8 Å². The van der Waals surface area contributed by atoms with Gasteiger partial charge in [-0.1, -0.05) is 40.2 Å². The van der Waals surface area contributed by atoms with Crippen LogP contribution in [-0.4, -0.2) is 30.9 Å². The molecule has 0 bridgehead atoms. The van der Waals surface area contributed by atoms with Crippen LogP contribution < -0.4 is 0 Å². The summed E-state index contributed by atoms with van der Waals surface area (Å²) in [7, 11) is 1.35. The van der Waals surface area contributed by atoms with Crippen molar-refractivity contribution >= 4 is 39.4 Å². The number of hydrogen-bond acceptors (Lipinski definition) is 6. The smallest absolute Gasteiger partial charge is 0.199 e. The van der Waals surface area contributed by atoms with Gasteiger partial charge in [0.2, 0.25) is 0 Å². The molecule has 0 amide bonds. The number of ether oxygens (including phenoxy) is 1. The molecule has 8 heteroatoms. The summed E-state index contributed by atoms with van der Waals surface area (Å²) in [4.78, 5) is 24.3. The van der Waals surface area contributed by atoms with Crippen LogP contribution in [0.2, 0.25) is 0 Å². The standard InChI is InChI=1S/C22H20BrFN2O4/c1-30-12-15(11-27)22(29)20(21(28)14-7-9-16(23)10-8-14)26-25-19-17(13-5-6-13)3-2-4-18(19)24/h2-4,7-11,13,15,28H,5-6,12H2,1H3. The average molecular weight is 475 g/mol. The van der Waals surface area contributed by atoms with Gasteiger partial charge in [-0.25, -0.2) is 4.39 Å². The largest absolute Gasteiger partial charge is 0.505 e. The summed E-state index contributed by atoms with van der Waals surface area (Å²) in [5, 5.41) is 18.6. The Kier molecular flexibility index (Phi) is 7.23. The third-order valence-electron chi connectivity index (χ3n) is 4.71. The average Bonchev–Trinajstić information content (AvgIpc) is 3.58. The summed E-state index contributed by atoms with van der Waals surface area (Å²) in [5.41, 5.74) is 0.607. The molecule has 1 unspecified atom stereocenters. The molecular formula is C22H20BrFN2O4. The maximum atomic E-state index is 14.4. The van der Waals surface area contributed by atoms with E-state index in [1.807, 2.05) is 0 Å². The fraction of sp³-hybridized carbons (Fsp3) is 0.273. The summed E-state index contributed by atoms with van der Waals surface area (Å²) in [5.74, 6) is -2.76. The van der Waals surface area contributed by atoms with Crippen LogP contribution in [0, 0.1) is 11.7 Å². The van der Waals surface area contributed by atoms with Gasteiger partial charge in [0.25, 0.3) is 0 Å². The first kappa shape index (κ1) is 22.0. The Hall–Kier alpha value is -2.71. The Bertz CT molecular complexity index is 1000. The summed E-state index contributed by atoms with van der Waals surface area (Å²) >= 11 is 3.30. The number of aliphatic hydroxyl groups is 1. The maximum absolute atomic E-state index is 14.4. The number of rotatable bonds is 9. The van der Waals surface area contributed by atoms with Gasteiger partial charge in [0.1, 0.15) is 17.9 Å². The zero-order chi connectivity index (χ0) is 21.7. The monoisotopic (exact) mass is 474 g/mol. The third kappa shape index (κ3) is 5.06. The summed E-state index contributed by atoms with van der Waals surface area (Å²) in [6, 6.07) is 11.1. The quantitative estimate of drug-likeness (QED) is 0.170. The van der Waals surface area contributed by atoms with E-state index in [-0.39, 0.29) is 18.2 Å². The van der Waals surface area contributed by atoms with Gasteiger partial charge in [-0.05, 0) is 42.5 Å². The van der Waals surface area contributed by atoms with Crippen molar-refractivity contribution in [1.29, 1.82) is 0 Å². The molecule has 156 valence electrons. The van der Waals surface area contributed by atoms with E-state index >= 15 is 0 Å². The molecule has 2 aromatic carbocycles. The van der Waals surface area contributed by atoms with E-state index in [2.05, 4.69) is 26.2 Å². The van der Waals surface area contributed by atoms with Crippen molar-refractivity contribution in [3.8, 4) is 0 Å². The Morgan fingerprint density at radius 2 is 2.00 bits per heavy atom. The molecule has 0 radical (unpaired) electrons. The zero-order valence-corrected chi connectivity index (χ0v) is 17.8. The number of carbonyl (C=O) groups excluding carboxylic acids is 2. The van der Waals surface area contributed by atoms with Crippen LogP contribution in [0.1, 0.15) is 29.9 Å². The number of azo groups is 1. The molecule has 0 heterocycles. The van der Waals surface area contributed by atoms with Crippen LogP contribution in [0.25, 0.3) is 5.76 Å². The second kappa shape index (κ2) is 9.86. The molecular weight excluding hydrogens is 455 g/mol. The predicted octanol–water partition coefficient (Wildman–Crippen LogP) is 5.51. The Morgan fingerprint density at radius 1 is 1.30 bits per heavy atom. The molecule has 3 rings (SSSR count). The molecule has 1 atom stereocenters. The SMILES string of the molecule is COCC(C=O)C(=O)C(N=Nc1c(F)cccc1C1CC1)=C(O)c1ccc(Br)cc1. The van der Waals surface area contributed by atoms with Gasteiger partial charge >= 0.3 is 0 Å². The first-order chi connectivity index (χ1) is 14.5. The Balaban J connectivity index is 2.07. The van der Waals surface area contributed by atoms with Gasteiger partial charge in [-0.3, -0.25) is 4.79 Å². The van der Waals surface area contributed by atoms with Crippen LogP contribution in [-0.2, 0) is 14.3 Å². The van der Waals surface area contributed by atoms with Crippen LogP contribution in [0.4, 0.5) is 10.1 Å². The third-order valence-corrected chi connectivity index (χ3v) is 5.24. The van der Waals surface area contributed by atoms with Gasteiger partial charge in [0, 0.05) is 17.1 Å². The van der Waals surface area contributed by atoms with Gasteiger partial charge in [-0.2, -0.15) is 0 Å². The van der Waals surface area contributed by atoms with Crippen molar-refractivity contribution < 1.29 is 23.8 Å². The van der Waals surface area contributed by atoms with Crippen LogP contribution >= 0.6 is 15.9 Å². The molecule has 0 aromatic heterocycles. The first-order valence-electron chi connectivity index (χ1n) is 9.34. The highest BCUT2D eigenvalue weighted by molar-refractivity contribution is 9.10. The molecule has 30 heavy (non-hydrogen) atoms. The summed E-state index contributed by atoms with van der Waals surface area (Å²) in [6.07, 6.45) is 2.28. The van der Waals surface area contributed by atoms with Crippen molar-refractivity contribution in [3.05, 3.63) is 69.6 Å². The van der Waals surface area contributed by atoms with Crippen molar-refractivity contribution in [2.24, 2.45) is 16.1 Å². The lowest BCUT2D eigenvalue weighted by molar-refractivity contribution is -0.126. The van der Waals surface area contributed by atoms with Gasteiger partial charge < -0.3 is 14.6 Å².